The number of aromatic amines is 1. The van der Waals surface area contributed by atoms with Gasteiger partial charge in [-0.3, -0.25) is 9.98 Å². The summed E-state index contributed by atoms with van der Waals surface area (Å²) in [6.45, 7) is 1.07. The predicted molar refractivity (Wildman–Crippen MR) is 158 cm³/mol. The largest absolute Gasteiger partial charge is 0.388 e. The fraction of sp³-hybridized carbons (Fsp3) is 0.286. The van der Waals surface area contributed by atoms with Crippen LogP contribution in [0.5, 0.6) is 0 Å². The zero-order chi connectivity index (χ0) is 29.8. The van der Waals surface area contributed by atoms with E-state index in [9.17, 15) is 10.2 Å². The lowest BCUT2D eigenvalue weighted by molar-refractivity contribution is -0.0947. The third-order valence-corrected chi connectivity index (χ3v) is 7.35. The summed E-state index contributed by atoms with van der Waals surface area (Å²) in [6.07, 6.45) is 0.249. The Morgan fingerprint density at radius 1 is 1.07 bits per heavy atom. The van der Waals surface area contributed by atoms with Crippen molar-refractivity contribution in [1.82, 2.24) is 40.0 Å². The molecule has 3 atom stereocenters. The SMILES string of the molecule is N=C(N)NCCNc1nc(NCC(c2ccccc2)c2ccccc2)c2ncn([C@]3(c4nnc[nH]4)OC[C@H](O)[C@H]3O)c2n1. The van der Waals surface area contributed by atoms with Crippen LogP contribution in [0.2, 0.25) is 0 Å². The molecule has 15 heteroatoms. The monoisotopic (exact) mass is 584 g/mol. The van der Waals surface area contributed by atoms with Gasteiger partial charge in [0.15, 0.2) is 28.8 Å². The summed E-state index contributed by atoms with van der Waals surface area (Å²) in [6, 6.07) is 20.4. The van der Waals surface area contributed by atoms with Gasteiger partial charge in [-0.1, -0.05) is 60.7 Å². The van der Waals surface area contributed by atoms with Gasteiger partial charge in [-0.2, -0.15) is 9.97 Å². The Kier molecular flexibility index (Phi) is 7.83. The van der Waals surface area contributed by atoms with Gasteiger partial charge in [0.05, 0.1) is 6.61 Å². The Bertz CT molecular complexity index is 1630. The number of rotatable bonds is 11. The highest BCUT2D eigenvalue weighted by Crippen LogP contribution is 2.39. The van der Waals surface area contributed by atoms with Crippen molar-refractivity contribution in [3.8, 4) is 0 Å². The second-order valence-electron chi connectivity index (χ2n) is 10.1. The maximum Gasteiger partial charge on any atom is 0.237 e. The maximum absolute atomic E-state index is 11.2. The molecule has 1 saturated heterocycles. The van der Waals surface area contributed by atoms with E-state index in [4.69, 9.17) is 25.8 Å². The van der Waals surface area contributed by atoms with Gasteiger partial charge in [-0.25, -0.2) is 4.98 Å². The normalized spacial score (nSPS) is 20.0. The number of imidazole rings is 1. The summed E-state index contributed by atoms with van der Waals surface area (Å²) in [7, 11) is 0. The zero-order valence-electron chi connectivity index (χ0n) is 23.1. The number of nitrogens with two attached hydrogens (primary N) is 1. The molecular weight excluding hydrogens is 552 g/mol. The number of aromatic nitrogens is 7. The third-order valence-electron chi connectivity index (χ3n) is 7.35. The minimum absolute atomic E-state index is 0.00125. The van der Waals surface area contributed by atoms with E-state index < -0.39 is 17.9 Å². The van der Waals surface area contributed by atoms with Gasteiger partial charge in [0, 0.05) is 25.6 Å². The number of fused-ring (bicyclic) bond motifs is 1. The molecule has 1 fully saturated rings. The van der Waals surface area contributed by atoms with E-state index >= 15 is 0 Å². The first kappa shape index (κ1) is 28.0. The smallest absolute Gasteiger partial charge is 0.237 e. The van der Waals surface area contributed by atoms with E-state index in [1.165, 1.54) is 17.2 Å². The molecule has 4 heterocycles. The van der Waals surface area contributed by atoms with Crippen molar-refractivity contribution in [3.63, 3.8) is 0 Å². The molecule has 0 saturated carbocycles. The third kappa shape index (κ3) is 5.43. The number of hydrogen-bond acceptors (Lipinski definition) is 11. The quantitative estimate of drug-likeness (QED) is 0.0605. The molecule has 9 N–H and O–H groups in total. The molecule has 0 amide bonds. The number of nitrogens with one attached hydrogen (secondary N) is 5. The molecule has 3 aromatic heterocycles. The summed E-state index contributed by atoms with van der Waals surface area (Å²) >= 11 is 0. The molecule has 0 spiro atoms. The van der Waals surface area contributed by atoms with Crippen LogP contribution < -0.4 is 21.7 Å². The number of benzene rings is 2. The van der Waals surface area contributed by atoms with Crippen molar-refractivity contribution in [3.05, 3.63) is 90.3 Å². The van der Waals surface area contributed by atoms with Gasteiger partial charge in [-0.15, -0.1) is 10.2 Å². The molecule has 6 rings (SSSR count). The average molecular weight is 585 g/mol. The lowest BCUT2D eigenvalue weighted by atomic mass is 9.91. The fourth-order valence-electron chi connectivity index (χ4n) is 5.28. The molecule has 0 aliphatic carbocycles. The second-order valence-corrected chi connectivity index (χ2v) is 10.1. The van der Waals surface area contributed by atoms with Crippen LogP contribution in [0, 0.1) is 5.41 Å². The number of guanidine groups is 1. The number of aliphatic hydroxyl groups excluding tert-OH is 2. The molecule has 5 aromatic rings. The van der Waals surface area contributed by atoms with Crippen LogP contribution in [-0.2, 0) is 10.5 Å². The maximum atomic E-state index is 11.2. The van der Waals surface area contributed by atoms with Gasteiger partial charge in [0.2, 0.25) is 11.7 Å². The molecular formula is C28H32N12O3. The molecule has 0 radical (unpaired) electrons. The average Bonchev–Trinajstić information content (AvgIpc) is 3.78. The van der Waals surface area contributed by atoms with Gasteiger partial charge >= 0.3 is 0 Å². The minimum Gasteiger partial charge on any atom is -0.388 e. The molecule has 2 aromatic carbocycles. The molecule has 15 nitrogen and oxygen atoms in total. The molecule has 222 valence electrons. The van der Waals surface area contributed by atoms with Gasteiger partial charge < -0.3 is 41.6 Å². The van der Waals surface area contributed by atoms with Gasteiger partial charge in [-0.05, 0) is 11.1 Å². The first-order valence-electron chi connectivity index (χ1n) is 13.7. The molecule has 0 bridgehead atoms. The summed E-state index contributed by atoms with van der Waals surface area (Å²) in [4.78, 5) is 16.9. The molecule has 1 aliphatic rings. The van der Waals surface area contributed by atoms with Crippen molar-refractivity contribution in [2.75, 3.05) is 36.9 Å². The number of aliphatic hydroxyl groups is 2. The first-order chi connectivity index (χ1) is 21.0. The van der Waals surface area contributed by atoms with Crippen molar-refractivity contribution in [1.29, 1.82) is 5.41 Å². The van der Waals surface area contributed by atoms with Crippen LogP contribution >= 0.6 is 0 Å². The van der Waals surface area contributed by atoms with Gasteiger partial charge in [0.1, 0.15) is 24.9 Å². The zero-order valence-corrected chi connectivity index (χ0v) is 23.1. The Hall–Kier alpha value is -5.12. The van der Waals surface area contributed by atoms with E-state index in [0.717, 1.165) is 11.1 Å². The summed E-state index contributed by atoms with van der Waals surface area (Å²) in [5.74, 6) is 0.743. The van der Waals surface area contributed by atoms with Crippen LogP contribution in [0.25, 0.3) is 11.2 Å². The van der Waals surface area contributed by atoms with Crippen molar-refractivity contribution in [2.24, 2.45) is 5.73 Å². The molecule has 43 heavy (non-hydrogen) atoms. The van der Waals surface area contributed by atoms with Crippen LogP contribution in [0.3, 0.4) is 0 Å². The molecule has 1 aliphatic heterocycles. The van der Waals surface area contributed by atoms with Crippen LogP contribution in [0.4, 0.5) is 11.8 Å². The van der Waals surface area contributed by atoms with Crippen molar-refractivity contribution >= 4 is 28.9 Å². The predicted octanol–water partition coefficient (Wildman–Crippen LogP) is 0.536. The van der Waals surface area contributed by atoms with Crippen LogP contribution in [0.1, 0.15) is 22.9 Å². The van der Waals surface area contributed by atoms with Crippen LogP contribution in [-0.4, -0.2) is 89.3 Å². The van der Waals surface area contributed by atoms with E-state index in [0.29, 0.717) is 36.6 Å². The highest BCUT2D eigenvalue weighted by molar-refractivity contribution is 5.84. The topological polar surface area (TPSA) is 221 Å². The number of anilines is 2. The number of nitrogens with zero attached hydrogens (tertiary/aromatic N) is 6. The lowest BCUT2D eigenvalue weighted by Gasteiger charge is -2.31. The highest BCUT2D eigenvalue weighted by atomic mass is 16.6. The van der Waals surface area contributed by atoms with Crippen molar-refractivity contribution in [2.45, 2.75) is 23.9 Å². The fourth-order valence-corrected chi connectivity index (χ4v) is 5.28. The number of ether oxygens (including phenoxy) is 1. The first-order valence-corrected chi connectivity index (χ1v) is 13.7. The number of hydrogen-bond donors (Lipinski definition) is 8. The summed E-state index contributed by atoms with van der Waals surface area (Å²) in [5.41, 5.74) is 6.75. The summed E-state index contributed by atoms with van der Waals surface area (Å²) < 4.78 is 7.55. The Balaban J connectivity index is 1.41. The Morgan fingerprint density at radius 2 is 1.79 bits per heavy atom. The molecule has 0 unspecified atom stereocenters. The van der Waals surface area contributed by atoms with Gasteiger partial charge in [0.25, 0.3) is 0 Å². The standard InChI is InChI=1S/C28H32N12O3/c29-26(30)31-11-12-32-27-37-23(33-13-19(17-7-3-1-4-8-17)18-9-5-2-6-10-18)21-24(38-27)40(16-35-21)28(25-34-15-36-39-25)22(42)20(41)14-43-28/h1-10,15-16,19-20,22,41-42H,11-14H2,(H4,29,30,31)(H,34,36,39)(H2,32,33,37,38)/t20-,22+,28-/m0/s1. The van der Waals surface area contributed by atoms with E-state index in [1.54, 1.807) is 0 Å². The summed E-state index contributed by atoms with van der Waals surface area (Å²) in [5, 5.41) is 46.4. The van der Waals surface area contributed by atoms with Crippen LogP contribution in [0.15, 0.2) is 73.3 Å². The van der Waals surface area contributed by atoms with E-state index in [-0.39, 0.29) is 30.3 Å². The Morgan fingerprint density at radius 3 is 2.40 bits per heavy atom. The Labute approximate surface area is 246 Å². The second kappa shape index (κ2) is 12.0. The van der Waals surface area contributed by atoms with Crippen molar-refractivity contribution < 1.29 is 14.9 Å². The van der Waals surface area contributed by atoms with E-state index in [1.807, 2.05) is 36.4 Å². The lowest BCUT2D eigenvalue weighted by Crippen LogP contribution is -2.47. The van der Waals surface area contributed by atoms with E-state index in [2.05, 4.69) is 60.4 Å². The minimum atomic E-state index is -1.67. The highest BCUT2D eigenvalue weighted by Gasteiger charge is 2.55. The number of H-pyrrole nitrogens is 1.